The molecule has 2 rings (SSSR count). The Hall–Kier alpha value is -1.75. The normalized spacial score (nSPS) is 12.3. The van der Waals surface area contributed by atoms with E-state index in [0.717, 1.165) is 11.3 Å². The standard InChI is InChI=1S/C9H9ClN4O/c1-4-12-7-3-5(9(11)14-15)2-6(10)8(7)13-4/h2-3,15H,1H3,(H2,11,14)(H,12,13). The highest BCUT2D eigenvalue weighted by molar-refractivity contribution is 6.35. The number of hydrogen-bond donors (Lipinski definition) is 3. The van der Waals surface area contributed by atoms with Crippen molar-refractivity contribution in [2.24, 2.45) is 10.9 Å². The molecular weight excluding hydrogens is 216 g/mol. The maximum absolute atomic E-state index is 8.55. The van der Waals surface area contributed by atoms with Gasteiger partial charge in [0.2, 0.25) is 0 Å². The van der Waals surface area contributed by atoms with Crippen molar-refractivity contribution in [1.29, 1.82) is 0 Å². The number of nitrogens with two attached hydrogens (primary N) is 1. The summed E-state index contributed by atoms with van der Waals surface area (Å²) in [4.78, 5) is 7.24. The van der Waals surface area contributed by atoms with E-state index in [0.29, 0.717) is 16.1 Å². The van der Waals surface area contributed by atoms with E-state index in [9.17, 15) is 0 Å². The van der Waals surface area contributed by atoms with Gasteiger partial charge in [-0.05, 0) is 19.1 Å². The summed E-state index contributed by atoms with van der Waals surface area (Å²) in [7, 11) is 0. The van der Waals surface area contributed by atoms with Crippen molar-refractivity contribution in [2.45, 2.75) is 6.92 Å². The molecule has 0 aliphatic heterocycles. The second-order valence-corrected chi connectivity index (χ2v) is 3.57. The van der Waals surface area contributed by atoms with Crippen molar-refractivity contribution in [2.75, 3.05) is 0 Å². The summed E-state index contributed by atoms with van der Waals surface area (Å²) in [5.41, 5.74) is 7.47. The number of aromatic amines is 1. The van der Waals surface area contributed by atoms with Gasteiger partial charge in [-0.15, -0.1) is 0 Å². The first-order valence-electron chi connectivity index (χ1n) is 4.25. The largest absolute Gasteiger partial charge is 0.409 e. The number of oxime groups is 1. The Kier molecular flexibility index (Phi) is 2.24. The Balaban J connectivity index is 2.72. The number of aromatic nitrogens is 2. The smallest absolute Gasteiger partial charge is 0.170 e. The van der Waals surface area contributed by atoms with E-state index in [2.05, 4.69) is 15.1 Å². The molecule has 0 amide bonds. The van der Waals surface area contributed by atoms with Crippen LogP contribution in [-0.4, -0.2) is 21.0 Å². The van der Waals surface area contributed by atoms with Crippen LogP contribution in [0.15, 0.2) is 17.3 Å². The van der Waals surface area contributed by atoms with E-state index < -0.39 is 0 Å². The molecule has 0 radical (unpaired) electrons. The van der Waals surface area contributed by atoms with Crippen LogP contribution in [0.3, 0.4) is 0 Å². The highest BCUT2D eigenvalue weighted by Crippen LogP contribution is 2.23. The number of imidazole rings is 1. The number of hydrogen-bond acceptors (Lipinski definition) is 3. The third-order valence-corrected chi connectivity index (χ3v) is 2.35. The molecule has 6 heteroatoms. The fourth-order valence-electron chi connectivity index (χ4n) is 1.40. The molecule has 1 aromatic carbocycles. The molecule has 1 heterocycles. The third-order valence-electron chi connectivity index (χ3n) is 2.06. The fraction of sp³-hybridized carbons (Fsp3) is 0.111. The fourth-order valence-corrected chi connectivity index (χ4v) is 1.67. The molecule has 2 aromatic rings. The van der Waals surface area contributed by atoms with E-state index in [4.69, 9.17) is 22.5 Å². The van der Waals surface area contributed by atoms with Gasteiger partial charge in [-0.3, -0.25) is 0 Å². The average Bonchev–Trinajstić information content (AvgIpc) is 2.58. The van der Waals surface area contributed by atoms with E-state index in [1.54, 1.807) is 12.1 Å². The van der Waals surface area contributed by atoms with Gasteiger partial charge in [-0.2, -0.15) is 0 Å². The van der Waals surface area contributed by atoms with E-state index >= 15 is 0 Å². The van der Waals surface area contributed by atoms with Crippen LogP contribution in [0.4, 0.5) is 0 Å². The monoisotopic (exact) mass is 224 g/mol. The van der Waals surface area contributed by atoms with Crippen LogP contribution in [0.2, 0.25) is 5.02 Å². The number of aryl methyl sites for hydroxylation is 1. The van der Waals surface area contributed by atoms with Gasteiger partial charge in [0.15, 0.2) is 5.84 Å². The molecule has 0 saturated carbocycles. The van der Waals surface area contributed by atoms with Crippen molar-refractivity contribution >= 4 is 28.5 Å². The molecule has 5 nitrogen and oxygen atoms in total. The lowest BCUT2D eigenvalue weighted by molar-refractivity contribution is 0.318. The van der Waals surface area contributed by atoms with Crippen molar-refractivity contribution in [3.63, 3.8) is 0 Å². The lowest BCUT2D eigenvalue weighted by atomic mass is 10.2. The zero-order valence-corrected chi connectivity index (χ0v) is 8.71. The SMILES string of the molecule is Cc1nc2c(Cl)cc(/C(N)=N/O)cc2[nH]1. The van der Waals surface area contributed by atoms with Gasteiger partial charge < -0.3 is 15.9 Å². The van der Waals surface area contributed by atoms with Gasteiger partial charge in [0, 0.05) is 5.56 Å². The molecule has 0 aliphatic rings. The molecule has 4 N–H and O–H groups in total. The maximum atomic E-state index is 8.55. The Morgan fingerprint density at radius 2 is 2.33 bits per heavy atom. The lowest BCUT2D eigenvalue weighted by Crippen LogP contribution is -2.12. The van der Waals surface area contributed by atoms with Gasteiger partial charge in [0.05, 0.1) is 10.5 Å². The third kappa shape index (κ3) is 1.61. The summed E-state index contributed by atoms with van der Waals surface area (Å²) in [5.74, 6) is 0.787. The van der Waals surface area contributed by atoms with Crippen LogP contribution in [0.25, 0.3) is 11.0 Å². The molecule has 1 aromatic heterocycles. The molecule has 0 bridgehead atoms. The lowest BCUT2D eigenvalue weighted by Gasteiger charge is -1.99. The first kappa shape index (κ1) is 9.79. The van der Waals surface area contributed by atoms with Crippen molar-refractivity contribution in [3.05, 3.63) is 28.5 Å². The average molecular weight is 225 g/mol. The first-order chi connectivity index (χ1) is 7.11. The summed E-state index contributed by atoms with van der Waals surface area (Å²) in [5, 5.41) is 11.9. The number of rotatable bonds is 1. The van der Waals surface area contributed by atoms with Crippen molar-refractivity contribution in [1.82, 2.24) is 9.97 Å². The van der Waals surface area contributed by atoms with Crippen molar-refractivity contribution in [3.8, 4) is 0 Å². The Bertz CT molecular complexity index is 546. The zero-order valence-electron chi connectivity index (χ0n) is 7.95. The van der Waals surface area contributed by atoms with E-state index in [1.165, 1.54) is 0 Å². The van der Waals surface area contributed by atoms with E-state index in [1.807, 2.05) is 6.92 Å². The minimum absolute atomic E-state index is 0.0195. The van der Waals surface area contributed by atoms with Gasteiger partial charge >= 0.3 is 0 Å². The first-order valence-corrected chi connectivity index (χ1v) is 4.63. The Morgan fingerprint density at radius 3 is 3.00 bits per heavy atom. The molecule has 0 aliphatic carbocycles. The van der Waals surface area contributed by atoms with Crippen LogP contribution in [0.5, 0.6) is 0 Å². The topological polar surface area (TPSA) is 87.3 Å². The number of fused-ring (bicyclic) bond motifs is 1. The number of amidine groups is 1. The number of H-pyrrole nitrogens is 1. The van der Waals surface area contributed by atoms with E-state index in [-0.39, 0.29) is 5.84 Å². The highest BCUT2D eigenvalue weighted by Gasteiger charge is 2.08. The summed E-state index contributed by atoms with van der Waals surface area (Å²) in [6.45, 7) is 1.83. The van der Waals surface area contributed by atoms with Crippen LogP contribution in [0, 0.1) is 6.92 Å². The predicted octanol–water partition coefficient (Wildman–Crippen LogP) is 1.62. The molecule has 0 fully saturated rings. The number of nitrogens with zero attached hydrogens (tertiary/aromatic N) is 2. The zero-order chi connectivity index (χ0) is 11.0. The van der Waals surface area contributed by atoms with Gasteiger partial charge in [0.25, 0.3) is 0 Å². The van der Waals surface area contributed by atoms with Crippen molar-refractivity contribution < 1.29 is 5.21 Å². The second-order valence-electron chi connectivity index (χ2n) is 3.16. The quantitative estimate of drug-likeness (QED) is 0.298. The number of benzene rings is 1. The summed E-state index contributed by atoms with van der Waals surface area (Å²) < 4.78 is 0. The highest BCUT2D eigenvalue weighted by atomic mass is 35.5. The van der Waals surface area contributed by atoms with Gasteiger partial charge in [-0.1, -0.05) is 16.8 Å². The van der Waals surface area contributed by atoms with Gasteiger partial charge in [0.1, 0.15) is 11.3 Å². The van der Waals surface area contributed by atoms with Crippen LogP contribution in [-0.2, 0) is 0 Å². The Morgan fingerprint density at radius 1 is 1.60 bits per heavy atom. The molecule has 0 unspecified atom stereocenters. The Labute approximate surface area is 90.6 Å². The maximum Gasteiger partial charge on any atom is 0.170 e. The number of nitrogens with one attached hydrogen (secondary N) is 1. The van der Waals surface area contributed by atoms with Gasteiger partial charge in [-0.25, -0.2) is 4.98 Å². The molecule has 15 heavy (non-hydrogen) atoms. The molecule has 0 atom stereocenters. The number of halogens is 1. The predicted molar refractivity (Wildman–Crippen MR) is 58.4 cm³/mol. The molecule has 0 saturated heterocycles. The summed E-state index contributed by atoms with van der Waals surface area (Å²) >= 11 is 6.00. The molecular formula is C9H9ClN4O. The summed E-state index contributed by atoms with van der Waals surface area (Å²) in [6.07, 6.45) is 0. The summed E-state index contributed by atoms with van der Waals surface area (Å²) in [6, 6.07) is 3.34. The second kappa shape index (κ2) is 3.43. The van der Waals surface area contributed by atoms with Crippen LogP contribution in [0.1, 0.15) is 11.4 Å². The van der Waals surface area contributed by atoms with Crippen LogP contribution < -0.4 is 5.73 Å². The van der Waals surface area contributed by atoms with Crippen LogP contribution >= 0.6 is 11.6 Å². The molecule has 78 valence electrons. The molecule has 0 spiro atoms. The minimum atomic E-state index is 0.0195. The minimum Gasteiger partial charge on any atom is -0.409 e.